The lowest BCUT2D eigenvalue weighted by Crippen LogP contribution is -2.16. The van der Waals surface area contributed by atoms with E-state index in [0.29, 0.717) is 16.8 Å². The standard InChI is InChI=1S/C17H15N3O/c18-11-14-4-1-2-6-16(14)20-17(21)13-7-8-15-12(10-13)5-3-9-19-15/h1-2,4,6-8,10,19H,3,5,9H2,(H,20,21). The van der Waals surface area contributed by atoms with Gasteiger partial charge in [-0.1, -0.05) is 12.1 Å². The lowest BCUT2D eigenvalue weighted by Gasteiger charge is -2.18. The molecular weight excluding hydrogens is 262 g/mol. The highest BCUT2D eigenvalue weighted by molar-refractivity contribution is 6.05. The summed E-state index contributed by atoms with van der Waals surface area (Å²) in [7, 11) is 0. The number of para-hydroxylation sites is 1. The van der Waals surface area contributed by atoms with Crippen LogP contribution in [0.25, 0.3) is 0 Å². The molecule has 1 amide bonds. The molecule has 0 aromatic heterocycles. The Morgan fingerprint density at radius 2 is 2.10 bits per heavy atom. The average Bonchev–Trinajstić information content (AvgIpc) is 2.55. The van der Waals surface area contributed by atoms with Gasteiger partial charge in [0.2, 0.25) is 0 Å². The number of carbonyl (C=O) groups excluding carboxylic acids is 1. The van der Waals surface area contributed by atoms with Gasteiger partial charge in [-0.05, 0) is 48.7 Å². The number of hydrogen-bond acceptors (Lipinski definition) is 3. The molecule has 0 aliphatic carbocycles. The molecule has 0 radical (unpaired) electrons. The number of hydrogen-bond donors (Lipinski definition) is 2. The molecule has 3 rings (SSSR count). The van der Waals surface area contributed by atoms with Crippen molar-refractivity contribution in [2.75, 3.05) is 17.2 Å². The summed E-state index contributed by atoms with van der Waals surface area (Å²) >= 11 is 0. The van der Waals surface area contributed by atoms with E-state index in [-0.39, 0.29) is 5.91 Å². The number of benzene rings is 2. The average molecular weight is 277 g/mol. The molecule has 0 fully saturated rings. The highest BCUT2D eigenvalue weighted by Crippen LogP contribution is 2.23. The van der Waals surface area contributed by atoms with Gasteiger partial charge in [0.25, 0.3) is 5.91 Å². The molecule has 104 valence electrons. The normalized spacial score (nSPS) is 12.7. The number of nitrogens with zero attached hydrogens (tertiary/aromatic N) is 1. The third-order valence-corrected chi connectivity index (χ3v) is 3.60. The quantitative estimate of drug-likeness (QED) is 0.886. The fourth-order valence-electron chi connectivity index (χ4n) is 2.50. The van der Waals surface area contributed by atoms with Crippen LogP contribution in [0.4, 0.5) is 11.4 Å². The Hall–Kier alpha value is -2.80. The van der Waals surface area contributed by atoms with Gasteiger partial charge in [-0.2, -0.15) is 5.26 Å². The Bertz CT molecular complexity index is 731. The summed E-state index contributed by atoms with van der Waals surface area (Å²) in [5.74, 6) is -0.189. The van der Waals surface area contributed by atoms with Crippen LogP contribution in [0.1, 0.15) is 27.9 Å². The van der Waals surface area contributed by atoms with Crippen LogP contribution in [-0.4, -0.2) is 12.5 Å². The summed E-state index contributed by atoms with van der Waals surface area (Å²) in [5.41, 5.74) is 3.90. The molecular formula is C17H15N3O. The zero-order valence-electron chi connectivity index (χ0n) is 11.5. The monoisotopic (exact) mass is 277 g/mol. The molecule has 0 saturated carbocycles. The van der Waals surface area contributed by atoms with E-state index in [1.807, 2.05) is 18.2 Å². The molecule has 0 atom stereocenters. The zero-order chi connectivity index (χ0) is 14.7. The summed E-state index contributed by atoms with van der Waals surface area (Å²) in [5, 5.41) is 15.2. The van der Waals surface area contributed by atoms with E-state index in [1.165, 1.54) is 5.56 Å². The number of nitriles is 1. The van der Waals surface area contributed by atoms with Crippen molar-refractivity contribution in [3.05, 3.63) is 59.2 Å². The van der Waals surface area contributed by atoms with Gasteiger partial charge in [-0.25, -0.2) is 0 Å². The lowest BCUT2D eigenvalue weighted by atomic mass is 10.0. The van der Waals surface area contributed by atoms with Gasteiger partial charge in [-0.3, -0.25) is 4.79 Å². The Morgan fingerprint density at radius 3 is 2.95 bits per heavy atom. The first-order chi connectivity index (χ1) is 10.3. The predicted molar refractivity (Wildman–Crippen MR) is 82.4 cm³/mol. The SMILES string of the molecule is N#Cc1ccccc1NC(=O)c1ccc2c(c1)CCCN2. The minimum Gasteiger partial charge on any atom is -0.385 e. The van der Waals surface area contributed by atoms with E-state index < -0.39 is 0 Å². The van der Waals surface area contributed by atoms with Gasteiger partial charge in [0.15, 0.2) is 0 Å². The van der Waals surface area contributed by atoms with Gasteiger partial charge in [0.1, 0.15) is 6.07 Å². The van der Waals surface area contributed by atoms with Crippen molar-refractivity contribution >= 4 is 17.3 Å². The third-order valence-electron chi connectivity index (χ3n) is 3.60. The summed E-state index contributed by atoms with van der Waals surface area (Å²) in [4.78, 5) is 12.3. The second-order valence-electron chi connectivity index (χ2n) is 5.01. The number of anilines is 2. The first-order valence-corrected chi connectivity index (χ1v) is 6.95. The van der Waals surface area contributed by atoms with Crippen LogP contribution < -0.4 is 10.6 Å². The van der Waals surface area contributed by atoms with E-state index in [2.05, 4.69) is 16.7 Å². The molecule has 0 bridgehead atoms. The molecule has 0 unspecified atom stereocenters. The summed E-state index contributed by atoms with van der Waals surface area (Å²) in [6, 6.07) is 14.7. The number of rotatable bonds is 2. The molecule has 2 aromatic carbocycles. The van der Waals surface area contributed by atoms with Crippen molar-refractivity contribution in [3.63, 3.8) is 0 Å². The van der Waals surface area contributed by atoms with E-state index >= 15 is 0 Å². The van der Waals surface area contributed by atoms with E-state index in [4.69, 9.17) is 5.26 Å². The van der Waals surface area contributed by atoms with Crippen LogP contribution in [0.15, 0.2) is 42.5 Å². The Labute approximate surface area is 123 Å². The molecule has 0 saturated heterocycles. The molecule has 0 spiro atoms. The van der Waals surface area contributed by atoms with Crippen molar-refractivity contribution in [2.45, 2.75) is 12.8 Å². The minimum atomic E-state index is -0.189. The number of aryl methyl sites for hydroxylation is 1. The van der Waals surface area contributed by atoms with Crippen molar-refractivity contribution < 1.29 is 4.79 Å². The van der Waals surface area contributed by atoms with Gasteiger partial charge in [0, 0.05) is 17.8 Å². The first-order valence-electron chi connectivity index (χ1n) is 6.95. The molecule has 2 N–H and O–H groups in total. The molecule has 4 nitrogen and oxygen atoms in total. The lowest BCUT2D eigenvalue weighted by molar-refractivity contribution is 0.102. The molecule has 1 aliphatic rings. The van der Waals surface area contributed by atoms with Crippen molar-refractivity contribution in [2.24, 2.45) is 0 Å². The maximum Gasteiger partial charge on any atom is 0.255 e. The molecule has 21 heavy (non-hydrogen) atoms. The van der Waals surface area contributed by atoms with Gasteiger partial charge >= 0.3 is 0 Å². The molecule has 1 aliphatic heterocycles. The van der Waals surface area contributed by atoms with Crippen molar-refractivity contribution in [1.29, 1.82) is 5.26 Å². The largest absolute Gasteiger partial charge is 0.385 e. The maximum absolute atomic E-state index is 12.3. The van der Waals surface area contributed by atoms with Gasteiger partial charge in [0.05, 0.1) is 11.3 Å². The second-order valence-corrected chi connectivity index (χ2v) is 5.01. The number of amides is 1. The molecule has 1 heterocycles. The Balaban J connectivity index is 1.84. The highest BCUT2D eigenvalue weighted by Gasteiger charge is 2.13. The third kappa shape index (κ3) is 2.72. The summed E-state index contributed by atoms with van der Waals surface area (Å²) < 4.78 is 0. The topological polar surface area (TPSA) is 64.9 Å². The summed E-state index contributed by atoms with van der Waals surface area (Å²) in [6.45, 7) is 0.980. The second kappa shape index (κ2) is 5.68. The Kier molecular flexibility index (Phi) is 3.57. The fourth-order valence-corrected chi connectivity index (χ4v) is 2.50. The van der Waals surface area contributed by atoms with E-state index in [9.17, 15) is 4.79 Å². The fraction of sp³-hybridized carbons (Fsp3) is 0.176. The van der Waals surface area contributed by atoms with E-state index in [1.54, 1.807) is 24.3 Å². The van der Waals surface area contributed by atoms with Crippen molar-refractivity contribution in [3.8, 4) is 6.07 Å². The predicted octanol–water partition coefficient (Wildman–Crippen LogP) is 3.17. The highest BCUT2D eigenvalue weighted by atomic mass is 16.1. The molecule has 4 heteroatoms. The number of carbonyl (C=O) groups is 1. The van der Waals surface area contributed by atoms with Crippen LogP contribution in [0, 0.1) is 11.3 Å². The molecule has 2 aromatic rings. The van der Waals surface area contributed by atoms with E-state index in [0.717, 1.165) is 25.1 Å². The van der Waals surface area contributed by atoms with Crippen LogP contribution in [0.3, 0.4) is 0 Å². The Morgan fingerprint density at radius 1 is 1.24 bits per heavy atom. The summed E-state index contributed by atoms with van der Waals surface area (Å²) in [6.07, 6.45) is 2.06. The minimum absolute atomic E-state index is 0.189. The first kappa shape index (κ1) is 13.2. The van der Waals surface area contributed by atoms with Crippen molar-refractivity contribution in [1.82, 2.24) is 0 Å². The number of nitrogens with one attached hydrogen (secondary N) is 2. The number of fused-ring (bicyclic) bond motifs is 1. The van der Waals surface area contributed by atoms with Gasteiger partial charge in [-0.15, -0.1) is 0 Å². The zero-order valence-corrected chi connectivity index (χ0v) is 11.5. The van der Waals surface area contributed by atoms with Crippen LogP contribution in [0.2, 0.25) is 0 Å². The van der Waals surface area contributed by atoms with Crippen LogP contribution in [-0.2, 0) is 6.42 Å². The van der Waals surface area contributed by atoms with Crippen LogP contribution >= 0.6 is 0 Å². The van der Waals surface area contributed by atoms with Crippen LogP contribution in [0.5, 0.6) is 0 Å². The van der Waals surface area contributed by atoms with Gasteiger partial charge < -0.3 is 10.6 Å². The smallest absolute Gasteiger partial charge is 0.255 e. The maximum atomic E-state index is 12.3.